The highest BCUT2D eigenvalue weighted by Crippen LogP contribution is 2.23. The summed E-state index contributed by atoms with van der Waals surface area (Å²) in [6.07, 6.45) is 1.37. The van der Waals surface area contributed by atoms with Crippen LogP contribution < -0.4 is 5.32 Å². The van der Waals surface area contributed by atoms with Crippen molar-refractivity contribution < 1.29 is 23.8 Å². The zero-order chi connectivity index (χ0) is 17.7. The average Bonchev–Trinajstić information content (AvgIpc) is 3.02. The molecule has 7 heteroatoms. The van der Waals surface area contributed by atoms with Crippen LogP contribution in [-0.4, -0.2) is 48.8 Å². The topological polar surface area (TPSA) is 92.0 Å². The van der Waals surface area contributed by atoms with Gasteiger partial charge in [0.1, 0.15) is 17.6 Å². The molecule has 2 heterocycles. The van der Waals surface area contributed by atoms with Gasteiger partial charge in [-0.3, -0.25) is 4.79 Å². The number of hydrogen-bond donors (Lipinski definition) is 2. The maximum atomic E-state index is 12.6. The molecule has 1 saturated heterocycles. The maximum Gasteiger partial charge on any atom is 0.318 e. The highest BCUT2D eigenvalue weighted by Gasteiger charge is 2.33. The fourth-order valence-electron chi connectivity index (χ4n) is 3.07. The summed E-state index contributed by atoms with van der Waals surface area (Å²) in [6.45, 7) is 5.02. The van der Waals surface area contributed by atoms with Gasteiger partial charge in [-0.15, -0.1) is 0 Å². The summed E-state index contributed by atoms with van der Waals surface area (Å²) in [5.74, 6) is 0.267. The molecular weight excluding hydrogens is 312 g/mol. The molecule has 1 aromatic heterocycles. The van der Waals surface area contributed by atoms with Crippen molar-refractivity contribution in [1.29, 1.82) is 0 Å². The molecule has 0 saturated carbocycles. The lowest BCUT2D eigenvalue weighted by atomic mass is 9.91. The standard InChI is InChI=1S/C17H26N2O5/c1-4-13-5-6-15(24-13)14(10-23-3)18-17(22)19-8-11(2)7-12(9-19)16(20)21/h5-6,11-12,14H,4,7-10H2,1-3H3,(H,18,22)(H,20,21). The smallest absolute Gasteiger partial charge is 0.318 e. The van der Waals surface area contributed by atoms with Crippen molar-refractivity contribution in [2.24, 2.45) is 11.8 Å². The molecule has 1 aromatic rings. The quantitative estimate of drug-likeness (QED) is 0.830. The summed E-state index contributed by atoms with van der Waals surface area (Å²) in [6, 6.07) is 3.03. The SMILES string of the molecule is CCc1ccc(C(COC)NC(=O)N2CC(C)CC(C(=O)O)C2)o1. The number of urea groups is 1. The Bertz CT molecular complexity index is 571. The van der Waals surface area contributed by atoms with Crippen molar-refractivity contribution >= 4 is 12.0 Å². The summed E-state index contributed by atoms with van der Waals surface area (Å²) >= 11 is 0. The number of aryl methyl sites for hydroxylation is 1. The summed E-state index contributed by atoms with van der Waals surface area (Å²) in [5, 5.41) is 12.1. The molecule has 0 aliphatic carbocycles. The molecule has 1 aliphatic heterocycles. The fraction of sp³-hybridized carbons (Fsp3) is 0.647. The number of methoxy groups -OCH3 is 1. The molecule has 134 valence electrons. The number of carboxylic acids is 1. The van der Waals surface area contributed by atoms with Crippen molar-refractivity contribution in [3.05, 3.63) is 23.7 Å². The van der Waals surface area contributed by atoms with E-state index in [9.17, 15) is 14.7 Å². The second kappa shape index (κ2) is 8.19. The number of nitrogens with one attached hydrogen (secondary N) is 1. The second-order valence-corrected chi connectivity index (χ2v) is 6.40. The molecule has 0 spiro atoms. The lowest BCUT2D eigenvalue weighted by molar-refractivity contribution is -0.143. The number of carbonyl (C=O) groups is 2. The molecule has 1 aliphatic rings. The number of carboxylic acid groups (broad SMARTS) is 1. The summed E-state index contributed by atoms with van der Waals surface area (Å²) in [5.41, 5.74) is 0. The predicted molar refractivity (Wildman–Crippen MR) is 87.7 cm³/mol. The lowest BCUT2D eigenvalue weighted by Gasteiger charge is -2.35. The Hall–Kier alpha value is -2.02. The van der Waals surface area contributed by atoms with Crippen LogP contribution in [0.5, 0.6) is 0 Å². The van der Waals surface area contributed by atoms with Gasteiger partial charge < -0.3 is 24.5 Å². The first-order valence-electron chi connectivity index (χ1n) is 8.30. The summed E-state index contributed by atoms with van der Waals surface area (Å²) < 4.78 is 10.9. The maximum absolute atomic E-state index is 12.6. The largest absolute Gasteiger partial charge is 0.481 e. The number of rotatable bonds is 6. The van der Waals surface area contributed by atoms with Gasteiger partial charge in [-0.2, -0.15) is 0 Å². The van der Waals surface area contributed by atoms with Crippen LogP contribution in [0.2, 0.25) is 0 Å². The molecule has 0 aromatic carbocycles. The number of nitrogens with zero attached hydrogens (tertiary/aromatic N) is 1. The predicted octanol–water partition coefficient (Wildman–Crippen LogP) is 2.28. The molecule has 2 rings (SSSR count). The van der Waals surface area contributed by atoms with Gasteiger partial charge in [-0.25, -0.2) is 4.79 Å². The van der Waals surface area contributed by atoms with E-state index >= 15 is 0 Å². The molecule has 3 atom stereocenters. The lowest BCUT2D eigenvalue weighted by Crippen LogP contribution is -2.50. The molecular formula is C17H26N2O5. The number of ether oxygens (including phenoxy) is 1. The van der Waals surface area contributed by atoms with Crippen molar-refractivity contribution in [3.8, 4) is 0 Å². The number of aliphatic carboxylic acids is 1. The first-order valence-corrected chi connectivity index (χ1v) is 8.30. The number of furan rings is 1. The molecule has 0 radical (unpaired) electrons. The third kappa shape index (κ3) is 4.50. The molecule has 2 N–H and O–H groups in total. The van der Waals surface area contributed by atoms with Gasteiger partial charge in [0.2, 0.25) is 0 Å². The highest BCUT2D eigenvalue weighted by molar-refractivity contribution is 5.77. The molecule has 0 bridgehead atoms. The third-order valence-corrected chi connectivity index (χ3v) is 4.30. The van der Waals surface area contributed by atoms with E-state index in [1.165, 1.54) is 0 Å². The second-order valence-electron chi connectivity index (χ2n) is 6.40. The fourth-order valence-corrected chi connectivity index (χ4v) is 3.07. The Balaban J connectivity index is 2.05. The molecule has 24 heavy (non-hydrogen) atoms. The molecule has 1 fully saturated rings. The Labute approximate surface area is 142 Å². The van der Waals surface area contributed by atoms with Crippen LogP contribution in [0.25, 0.3) is 0 Å². The number of amides is 2. The Morgan fingerprint density at radius 3 is 2.79 bits per heavy atom. The van der Waals surface area contributed by atoms with Crippen LogP contribution in [0.4, 0.5) is 4.79 Å². The zero-order valence-electron chi connectivity index (χ0n) is 14.4. The van der Waals surface area contributed by atoms with Gasteiger partial charge in [-0.1, -0.05) is 13.8 Å². The van der Waals surface area contributed by atoms with Crippen LogP contribution in [0, 0.1) is 11.8 Å². The minimum atomic E-state index is -0.855. The van der Waals surface area contributed by atoms with Crippen molar-refractivity contribution in [3.63, 3.8) is 0 Å². The molecule has 2 amide bonds. The minimum Gasteiger partial charge on any atom is -0.481 e. The summed E-state index contributed by atoms with van der Waals surface area (Å²) in [7, 11) is 1.56. The number of hydrogen-bond acceptors (Lipinski definition) is 4. The van der Waals surface area contributed by atoms with Crippen LogP contribution >= 0.6 is 0 Å². The Kier molecular flexibility index (Phi) is 6.25. The van der Waals surface area contributed by atoms with Crippen molar-refractivity contribution in [2.45, 2.75) is 32.7 Å². The Morgan fingerprint density at radius 1 is 1.46 bits per heavy atom. The molecule has 3 unspecified atom stereocenters. The molecule has 7 nitrogen and oxygen atoms in total. The zero-order valence-corrected chi connectivity index (χ0v) is 14.4. The van der Waals surface area contributed by atoms with E-state index in [-0.39, 0.29) is 25.1 Å². The first kappa shape index (κ1) is 18.3. The van der Waals surface area contributed by atoms with E-state index < -0.39 is 17.9 Å². The monoisotopic (exact) mass is 338 g/mol. The van der Waals surface area contributed by atoms with Gasteiger partial charge in [-0.05, 0) is 24.5 Å². The average molecular weight is 338 g/mol. The van der Waals surface area contributed by atoms with Gasteiger partial charge in [0.15, 0.2) is 0 Å². The van der Waals surface area contributed by atoms with E-state index in [0.717, 1.165) is 12.2 Å². The number of carbonyl (C=O) groups excluding carboxylic acids is 1. The van der Waals surface area contributed by atoms with E-state index in [4.69, 9.17) is 9.15 Å². The van der Waals surface area contributed by atoms with E-state index in [2.05, 4.69) is 5.32 Å². The normalized spacial score (nSPS) is 22.2. The van der Waals surface area contributed by atoms with Crippen LogP contribution in [0.1, 0.15) is 37.8 Å². The van der Waals surface area contributed by atoms with Crippen molar-refractivity contribution in [1.82, 2.24) is 10.2 Å². The minimum absolute atomic E-state index is 0.154. The third-order valence-electron chi connectivity index (χ3n) is 4.30. The van der Waals surface area contributed by atoms with Crippen LogP contribution in [-0.2, 0) is 16.0 Å². The van der Waals surface area contributed by atoms with Crippen LogP contribution in [0.3, 0.4) is 0 Å². The van der Waals surface area contributed by atoms with Gasteiger partial charge in [0.25, 0.3) is 0 Å². The van der Waals surface area contributed by atoms with Gasteiger partial charge in [0.05, 0.1) is 12.5 Å². The first-order chi connectivity index (χ1) is 11.4. The van der Waals surface area contributed by atoms with E-state index in [1.807, 2.05) is 26.0 Å². The Morgan fingerprint density at radius 2 is 2.21 bits per heavy atom. The summed E-state index contributed by atoms with van der Waals surface area (Å²) in [4.78, 5) is 25.4. The number of piperidine rings is 1. The van der Waals surface area contributed by atoms with E-state index in [1.54, 1.807) is 12.0 Å². The van der Waals surface area contributed by atoms with Gasteiger partial charge >= 0.3 is 12.0 Å². The number of likely N-dealkylation sites (tertiary alicyclic amines) is 1. The highest BCUT2D eigenvalue weighted by atomic mass is 16.5. The van der Waals surface area contributed by atoms with Gasteiger partial charge in [0, 0.05) is 26.6 Å². The van der Waals surface area contributed by atoms with Crippen LogP contribution in [0.15, 0.2) is 16.5 Å². The van der Waals surface area contributed by atoms with E-state index in [0.29, 0.717) is 18.7 Å². The van der Waals surface area contributed by atoms with Crippen molar-refractivity contribution in [2.75, 3.05) is 26.8 Å².